The topological polar surface area (TPSA) is 40.6 Å². The van der Waals surface area contributed by atoms with E-state index in [0.29, 0.717) is 18.7 Å². The number of benzene rings is 3. The number of hydrogen-bond donors (Lipinski definition) is 0. The molecule has 2 amide bonds. The zero-order valence-electron chi connectivity index (χ0n) is 21.7. The number of halogens is 1. The quantitative estimate of drug-likeness (QED) is 0.240. The largest absolute Gasteiger partial charge is 0.332 e. The van der Waals surface area contributed by atoms with Gasteiger partial charge in [0.25, 0.3) is 5.91 Å². The highest BCUT2D eigenvalue weighted by Crippen LogP contribution is 2.27. The van der Waals surface area contributed by atoms with Crippen molar-refractivity contribution in [3.8, 4) is 0 Å². The zero-order valence-corrected chi connectivity index (χ0v) is 22.6. The van der Waals surface area contributed by atoms with E-state index in [-0.39, 0.29) is 30.2 Å². The van der Waals surface area contributed by atoms with Crippen LogP contribution in [0.15, 0.2) is 78.2 Å². The molecule has 0 radical (unpaired) electrons. The lowest BCUT2D eigenvalue weighted by molar-refractivity contribution is -0.133. The average Bonchev–Trinajstić information content (AvgIpc) is 3.36. The van der Waals surface area contributed by atoms with E-state index in [1.165, 1.54) is 12.1 Å². The van der Waals surface area contributed by atoms with Crippen molar-refractivity contribution in [3.63, 3.8) is 0 Å². The van der Waals surface area contributed by atoms with Crippen molar-refractivity contribution in [1.82, 2.24) is 9.80 Å². The minimum atomic E-state index is -0.301. The molecule has 0 spiro atoms. The summed E-state index contributed by atoms with van der Waals surface area (Å²) in [6.07, 6.45) is 5.10. The molecule has 1 aliphatic rings. The number of amides is 2. The molecule has 196 valence electrons. The van der Waals surface area contributed by atoms with Gasteiger partial charge >= 0.3 is 0 Å². The van der Waals surface area contributed by atoms with Gasteiger partial charge in [0.05, 0.1) is 6.54 Å². The molecular weight excluding hydrogens is 495 g/mol. The molecule has 1 saturated carbocycles. The third kappa shape index (κ3) is 5.97. The first-order valence-corrected chi connectivity index (χ1v) is 14.2. The minimum absolute atomic E-state index is 0.0261. The SMILES string of the molecule is Cc1ccsc1CN(Cc1ccc(F)cc1)C(=O)CN(C(=O)c1cccc2ccccc12)C1CCCCC1. The summed E-state index contributed by atoms with van der Waals surface area (Å²) in [5.74, 6) is -0.484. The molecule has 0 aliphatic heterocycles. The van der Waals surface area contributed by atoms with E-state index in [1.807, 2.05) is 59.7 Å². The molecule has 38 heavy (non-hydrogen) atoms. The predicted octanol–water partition coefficient (Wildman–Crippen LogP) is 7.35. The van der Waals surface area contributed by atoms with Crippen molar-refractivity contribution in [2.24, 2.45) is 0 Å². The van der Waals surface area contributed by atoms with Crippen LogP contribution in [0.3, 0.4) is 0 Å². The molecule has 0 atom stereocenters. The summed E-state index contributed by atoms with van der Waals surface area (Å²) < 4.78 is 13.6. The van der Waals surface area contributed by atoms with E-state index in [4.69, 9.17) is 0 Å². The van der Waals surface area contributed by atoms with Gasteiger partial charge in [0.15, 0.2) is 0 Å². The maximum absolute atomic E-state index is 14.1. The van der Waals surface area contributed by atoms with Crippen molar-refractivity contribution >= 4 is 33.9 Å². The fourth-order valence-corrected chi connectivity index (χ4v) is 6.27. The zero-order chi connectivity index (χ0) is 26.5. The van der Waals surface area contributed by atoms with Crippen LogP contribution in [0, 0.1) is 12.7 Å². The van der Waals surface area contributed by atoms with Crippen LogP contribution in [0.2, 0.25) is 0 Å². The standard InChI is InChI=1S/C32H33FN2O2S/c1-23-18-19-38-30(23)21-34(20-24-14-16-26(33)17-15-24)31(36)22-35(27-10-3-2-4-11-27)32(37)29-13-7-9-25-8-5-6-12-28(25)29/h5-9,12-19,27H,2-4,10-11,20-22H2,1H3. The molecule has 0 bridgehead atoms. The number of rotatable bonds is 8. The lowest BCUT2D eigenvalue weighted by Crippen LogP contribution is -2.48. The Morgan fingerprint density at radius 3 is 2.37 bits per heavy atom. The highest BCUT2D eigenvalue weighted by atomic mass is 32.1. The fourth-order valence-electron chi connectivity index (χ4n) is 5.35. The second kappa shape index (κ2) is 11.9. The number of aryl methyl sites for hydroxylation is 1. The number of fused-ring (bicyclic) bond motifs is 1. The highest BCUT2D eigenvalue weighted by molar-refractivity contribution is 7.10. The normalized spacial score (nSPS) is 13.9. The molecule has 5 rings (SSSR count). The lowest BCUT2D eigenvalue weighted by Gasteiger charge is -2.36. The van der Waals surface area contributed by atoms with Gasteiger partial charge in [-0.05, 0) is 71.3 Å². The molecule has 0 saturated heterocycles. The summed E-state index contributed by atoms with van der Waals surface area (Å²) >= 11 is 1.63. The van der Waals surface area contributed by atoms with Crippen molar-refractivity contribution in [1.29, 1.82) is 0 Å². The summed E-state index contributed by atoms with van der Waals surface area (Å²) in [5.41, 5.74) is 2.64. The van der Waals surface area contributed by atoms with Gasteiger partial charge in [-0.25, -0.2) is 4.39 Å². The molecule has 1 aromatic heterocycles. The monoisotopic (exact) mass is 528 g/mol. The highest BCUT2D eigenvalue weighted by Gasteiger charge is 2.30. The Kier molecular flexibility index (Phi) is 8.18. The molecule has 1 heterocycles. The van der Waals surface area contributed by atoms with Crippen LogP contribution < -0.4 is 0 Å². The van der Waals surface area contributed by atoms with E-state index in [1.54, 1.807) is 28.4 Å². The maximum Gasteiger partial charge on any atom is 0.255 e. The third-order valence-corrected chi connectivity index (χ3v) is 8.55. The van der Waals surface area contributed by atoms with Gasteiger partial charge in [-0.3, -0.25) is 9.59 Å². The molecule has 4 nitrogen and oxygen atoms in total. The lowest BCUT2D eigenvalue weighted by atomic mass is 9.93. The van der Waals surface area contributed by atoms with E-state index in [0.717, 1.165) is 58.9 Å². The van der Waals surface area contributed by atoms with Gasteiger partial charge in [-0.2, -0.15) is 0 Å². The van der Waals surface area contributed by atoms with Gasteiger partial charge in [0.1, 0.15) is 12.4 Å². The summed E-state index contributed by atoms with van der Waals surface area (Å²) in [7, 11) is 0. The Morgan fingerprint density at radius 1 is 0.895 bits per heavy atom. The van der Waals surface area contributed by atoms with Crippen molar-refractivity contribution < 1.29 is 14.0 Å². The van der Waals surface area contributed by atoms with Crippen LogP contribution in [0.4, 0.5) is 4.39 Å². The predicted molar refractivity (Wildman–Crippen MR) is 152 cm³/mol. The van der Waals surface area contributed by atoms with Crippen molar-refractivity contribution in [2.75, 3.05) is 6.54 Å². The second-order valence-corrected chi connectivity index (χ2v) is 11.2. The molecule has 1 aliphatic carbocycles. The Labute approximate surface area is 227 Å². The van der Waals surface area contributed by atoms with Crippen molar-refractivity contribution in [2.45, 2.75) is 58.2 Å². The molecule has 0 unspecified atom stereocenters. The third-order valence-electron chi connectivity index (χ3n) is 7.54. The number of thiophene rings is 1. The second-order valence-electron chi connectivity index (χ2n) is 10.2. The smallest absolute Gasteiger partial charge is 0.255 e. The first-order valence-electron chi connectivity index (χ1n) is 13.3. The Bertz CT molecular complexity index is 1400. The molecular formula is C32H33FN2O2S. The molecule has 4 aromatic rings. The van der Waals surface area contributed by atoms with Gasteiger partial charge in [-0.1, -0.05) is 67.8 Å². The van der Waals surface area contributed by atoms with E-state index >= 15 is 0 Å². The fraction of sp³-hybridized carbons (Fsp3) is 0.312. The molecule has 0 N–H and O–H groups in total. The number of carbonyl (C=O) groups excluding carboxylic acids is 2. The Morgan fingerprint density at radius 2 is 1.63 bits per heavy atom. The van der Waals surface area contributed by atoms with Crippen LogP contribution in [0.25, 0.3) is 10.8 Å². The Balaban J connectivity index is 1.45. The van der Waals surface area contributed by atoms with Gasteiger partial charge in [0, 0.05) is 23.0 Å². The summed E-state index contributed by atoms with van der Waals surface area (Å²) in [6, 6.07) is 22.1. The summed E-state index contributed by atoms with van der Waals surface area (Å²) in [5, 5.41) is 3.95. The summed E-state index contributed by atoms with van der Waals surface area (Å²) in [6.45, 7) is 2.89. The van der Waals surface area contributed by atoms with E-state index in [9.17, 15) is 14.0 Å². The van der Waals surface area contributed by atoms with Crippen LogP contribution >= 0.6 is 11.3 Å². The van der Waals surface area contributed by atoms with Crippen molar-refractivity contribution in [3.05, 3.63) is 106 Å². The maximum atomic E-state index is 14.1. The number of nitrogens with zero attached hydrogens (tertiary/aromatic N) is 2. The van der Waals surface area contributed by atoms with E-state index in [2.05, 4.69) is 6.07 Å². The summed E-state index contributed by atoms with van der Waals surface area (Å²) in [4.78, 5) is 32.8. The van der Waals surface area contributed by atoms with Crippen LogP contribution in [-0.2, 0) is 17.9 Å². The van der Waals surface area contributed by atoms with Gasteiger partial charge < -0.3 is 9.80 Å². The van der Waals surface area contributed by atoms with Gasteiger partial charge in [0.2, 0.25) is 5.91 Å². The average molecular weight is 529 g/mol. The first kappa shape index (κ1) is 26.1. The minimum Gasteiger partial charge on any atom is -0.332 e. The Hall–Kier alpha value is -3.51. The van der Waals surface area contributed by atoms with Gasteiger partial charge in [-0.15, -0.1) is 11.3 Å². The van der Waals surface area contributed by atoms with Crippen LogP contribution in [0.1, 0.15) is 58.5 Å². The molecule has 6 heteroatoms. The molecule has 3 aromatic carbocycles. The van der Waals surface area contributed by atoms with Crippen LogP contribution in [0.5, 0.6) is 0 Å². The first-order chi connectivity index (χ1) is 18.5. The molecule has 1 fully saturated rings. The number of hydrogen-bond acceptors (Lipinski definition) is 3. The van der Waals surface area contributed by atoms with Crippen LogP contribution in [-0.4, -0.2) is 34.2 Å². The van der Waals surface area contributed by atoms with E-state index < -0.39 is 0 Å². The number of carbonyl (C=O) groups is 2.